The summed E-state index contributed by atoms with van der Waals surface area (Å²) in [7, 11) is 4.52. The zero-order valence-electron chi connectivity index (χ0n) is 12.6. The van der Waals surface area contributed by atoms with E-state index in [4.69, 9.17) is 14.2 Å². The number of benzene rings is 1. The van der Waals surface area contributed by atoms with Crippen molar-refractivity contribution >= 4 is 5.91 Å². The zero-order chi connectivity index (χ0) is 16.3. The van der Waals surface area contributed by atoms with E-state index in [1.54, 1.807) is 12.1 Å². The van der Waals surface area contributed by atoms with Crippen molar-refractivity contribution in [3.05, 3.63) is 27.8 Å². The largest absolute Gasteiger partial charge is 0.493 e. The van der Waals surface area contributed by atoms with Crippen molar-refractivity contribution in [3.63, 3.8) is 0 Å². The summed E-state index contributed by atoms with van der Waals surface area (Å²) in [5, 5.41) is 13.3. The summed E-state index contributed by atoms with van der Waals surface area (Å²) in [5.74, 6) is 0.601. The summed E-state index contributed by atoms with van der Waals surface area (Å²) in [6.07, 6.45) is 0.300. The van der Waals surface area contributed by atoms with Crippen LogP contribution in [0.5, 0.6) is 17.2 Å². The maximum Gasteiger partial charge on any atom is 0.230 e. The molecule has 0 heterocycles. The number of carbonyl (C=O) groups excluding carboxylic acids is 1. The van der Waals surface area contributed by atoms with Crippen LogP contribution in [0.3, 0.4) is 0 Å². The molecule has 1 fully saturated rings. The Bertz CT molecular complexity index is 564. The molecule has 2 rings (SSSR count). The number of methoxy groups -OCH3 is 3. The van der Waals surface area contributed by atoms with Gasteiger partial charge in [-0.25, -0.2) is 0 Å². The van der Waals surface area contributed by atoms with Gasteiger partial charge in [0.2, 0.25) is 17.7 Å². The van der Waals surface area contributed by atoms with Gasteiger partial charge in [0.15, 0.2) is 11.5 Å². The number of nitrogens with one attached hydrogen (secondary N) is 1. The molecule has 0 unspecified atom stereocenters. The molecular formula is C14H18N2O6. The number of rotatable bonds is 7. The molecular weight excluding hydrogens is 292 g/mol. The van der Waals surface area contributed by atoms with Gasteiger partial charge in [-0.1, -0.05) is 0 Å². The van der Waals surface area contributed by atoms with Crippen LogP contribution >= 0.6 is 0 Å². The Hall–Kier alpha value is -2.51. The van der Waals surface area contributed by atoms with Crippen LogP contribution in [0, 0.1) is 16.0 Å². The Morgan fingerprint density at radius 1 is 1.27 bits per heavy atom. The third-order valence-corrected chi connectivity index (χ3v) is 3.56. The van der Waals surface area contributed by atoms with Crippen LogP contribution in [0.25, 0.3) is 0 Å². The van der Waals surface area contributed by atoms with Gasteiger partial charge in [0.25, 0.3) is 0 Å². The molecule has 22 heavy (non-hydrogen) atoms. The standard InChI is InChI=1S/C14H18N2O6/c1-20-11-4-8(5-12(21-2)13(11)22-3)7-15-14(17)9-6-10(9)16(18)19/h4-5,9-10H,6-7H2,1-3H3,(H,15,17)/t9-,10+/m1/s1. The van der Waals surface area contributed by atoms with E-state index in [0.29, 0.717) is 23.7 Å². The maximum absolute atomic E-state index is 11.8. The van der Waals surface area contributed by atoms with Gasteiger partial charge in [-0.05, 0) is 17.7 Å². The Labute approximate surface area is 127 Å². The van der Waals surface area contributed by atoms with Crippen LogP contribution in [-0.2, 0) is 11.3 Å². The molecule has 0 bridgehead atoms. The molecule has 1 saturated carbocycles. The van der Waals surface area contributed by atoms with Gasteiger partial charge in [-0.3, -0.25) is 14.9 Å². The van der Waals surface area contributed by atoms with Gasteiger partial charge in [0.05, 0.1) is 21.3 Å². The predicted molar refractivity (Wildman–Crippen MR) is 76.8 cm³/mol. The van der Waals surface area contributed by atoms with E-state index < -0.39 is 16.9 Å². The highest BCUT2D eigenvalue weighted by Crippen LogP contribution is 2.38. The highest BCUT2D eigenvalue weighted by Gasteiger charge is 2.53. The van der Waals surface area contributed by atoms with E-state index in [9.17, 15) is 14.9 Å². The summed E-state index contributed by atoms with van der Waals surface area (Å²) >= 11 is 0. The molecule has 1 aliphatic carbocycles. The highest BCUT2D eigenvalue weighted by molar-refractivity contribution is 5.82. The van der Waals surface area contributed by atoms with Crippen molar-refractivity contribution in [2.24, 2.45) is 5.92 Å². The summed E-state index contributed by atoms with van der Waals surface area (Å²) in [4.78, 5) is 22.0. The molecule has 1 aromatic rings. The van der Waals surface area contributed by atoms with Crippen LogP contribution in [0.15, 0.2) is 12.1 Å². The lowest BCUT2D eigenvalue weighted by molar-refractivity contribution is -0.497. The fourth-order valence-electron chi connectivity index (χ4n) is 2.25. The molecule has 0 radical (unpaired) electrons. The van der Waals surface area contributed by atoms with Gasteiger partial charge in [0, 0.05) is 17.9 Å². The van der Waals surface area contributed by atoms with Crippen molar-refractivity contribution in [1.29, 1.82) is 0 Å². The van der Waals surface area contributed by atoms with Crippen molar-refractivity contribution in [3.8, 4) is 17.2 Å². The molecule has 0 aromatic heterocycles. The topological polar surface area (TPSA) is 99.9 Å². The Morgan fingerprint density at radius 2 is 1.86 bits per heavy atom. The van der Waals surface area contributed by atoms with E-state index in [-0.39, 0.29) is 12.5 Å². The van der Waals surface area contributed by atoms with Gasteiger partial charge >= 0.3 is 0 Å². The lowest BCUT2D eigenvalue weighted by Crippen LogP contribution is -2.26. The lowest BCUT2D eigenvalue weighted by Gasteiger charge is -2.14. The smallest absolute Gasteiger partial charge is 0.230 e. The van der Waals surface area contributed by atoms with Crippen LogP contribution in [-0.4, -0.2) is 38.2 Å². The molecule has 1 amide bonds. The van der Waals surface area contributed by atoms with Crippen LogP contribution < -0.4 is 19.5 Å². The van der Waals surface area contributed by atoms with Crippen molar-refractivity contribution in [2.75, 3.05) is 21.3 Å². The van der Waals surface area contributed by atoms with E-state index in [1.807, 2.05) is 0 Å². The second-order valence-corrected chi connectivity index (χ2v) is 4.95. The SMILES string of the molecule is COc1cc(CNC(=O)[C@@H]2C[C@@H]2[N+](=O)[O-])cc(OC)c1OC. The molecule has 1 aliphatic rings. The number of hydrogen-bond acceptors (Lipinski definition) is 6. The average molecular weight is 310 g/mol. The lowest BCUT2D eigenvalue weighted by atomic mass is 10.1. The van der Waals surface area contributed by atoms with Gasteiger partial charge < -0.3 is 19.5 Å². The summed E-state index contributed by atoms with van der Waals surface area (Å²) < 4.78 is 15.7. The first-order valence-corrected chi connectivity index (χ1v) is 6.71. The summed E-state index contributed by atoms with van der Waals surface area (Å²) in [6.45, 7) is 0.233. The molecule has 0 saturated heterocycles. The maximum atomic E-state index is 11.8. The molecule has 0 spiro atoms. The number of ether oxygens (including phenoxy) is 3. The Balaban J connectivity index is 2.04. The molecule has 8 heteroatoms. The molecule has 0 aliphatic heterocycles. The summed E-state index contributed by atoms with van der Waals surface area (Å²) in [6, 6.07) is 2.69. The second-order valence-electron chi connectivity index (χ2n) is 4.95. The Kier molecular flexibility index (Phi) is 4.69. The third-order valence-electron chi connectivity index (χ3n) is 3.56. The zero-order valence-corrected chi connectivity index (χ0v) is 12.6. The number of nitro groups is 1. The minimum Gasteiger partial charge on any atom is -0.493 e. The fourth-order valence-corrected chi connectivity index (χ4v) is 2.25. The quantitative estimate of drug-likeness (QED) is 0.595. The van der Waals surface area contributed by atoms with E-state index in [1.165, 1.54) is 21.3 Å². The first-order valence-electron chi connectivity index (χ1n) is 6.71. The average Bonchev–Trinajstić information content (AvgIpc) is 3.32. The van der Waals surface area contributed by atoms with Gasteiger partial charge in [-0.15, -0.1) is 0 Å². The number of nitrogens with zero attached hydrogens (tertiary/aromatic N) is 1. The van der Waals surface area contributed by atoms with Gasteiger partial charge in [0.1, 0.15) is 5.92 Å². The van der Waals surface area contributed by atoms with Crippen molar-refractivity contribution in [2.45, 2.75) is 19.0 Å². The molecule has 2 atom stereocenters. The van der Waals surface area contributed by atoms with E-state index >= 15 is 0 Å². The number of hydrogen-bond donors (Lipinski definition) is 1. The predicted octanol–water partition coefficient (Wildman–Crippen LogP) is 0.994. The van der Waals surface area contributed by atoms with Crippen molar-refractivity contribution in [1.82, 2.24) is 5.32 Å². The fraction of sp³-hybridized carbons (Fsp3) is 0.500. The first-order chi connectivity index (χ1) is 10.5. The summed E-state index contributed by atoms with van der Waals surface area (Å²) in [5.41, 5.74) is 0.751. The molecule has 120 valence electrons. The van der Waals surface area contributed by atoms with Crippen LogP contribution in [0.2, 0.25) is 0 Å². The van der Waals surface area contributed by atoms with Crippen LogP contribution in [0.1, 0.15) is 12.0 Å². The monoisotopic (exact) mass is 310 g/mol. The van der Waals surface area contributed by atoms with Crippen LogP contribution in [0.4, 0.5) is 0 Å². The molecule has 1 N–H and O–H groups in total. The second kappa shape index (κ2) is 6.50. The molecule has 8 nitrogen and oxygen atoms in total. The minimum absolute atomic E-state index is 0.233. The minimum atomic E-state index is -0.750. The first kappa shape index (κ1) is 15.9. The van der Waals surface area contributed by atoms with Crippen molar-refractivity contribution < 1.29 is 23.9 Å². The molecule has 1 aromatic carbocycles. The van der Waals surface area contributed by atoms with E-state index in [2.05, 4.69) is 5.32 Å². The van der Waals surface area contributed by atoms with Gasteiger partial charge in [-0.2, -0.15) is 0 Å². The highest BCUT2D eigenvalue weighted by atomic mass is 16.6. The normalized spacial score (nSPS) is 19.2. The van der Waals surface area contributed by atoms with E-state index in [0.717, 1.165) is 5.56 Å². The Morgan fingerprint density at radius 3 is 2.27 bits per heavy atom. The number of amides is 1. The number of carbonyl (C=O) groups is 1. The third kappa shape index (κ3) is 3.21.